The van der Waals surface area contributed by atoms with Gasteiger partial charge in [0.15, 0.2) is 25.0 Å². The van der Waals surface area contributed by atoms with Gasteiger partial charge in [0.1, 0.15) is 24.1 Å². The van der Waals surface area contributed by atoms with E-state index in [1.54, 1.807) is 11.3 Å². The third-order valence-corrected chi connectivity index (χ3v) is 11.4. The molecule has 2 heterocycles. The van der Waals surface area contributed by atoms with Crippen molar-refractivity contribution in [3.8, 4) is 10.4 Å². The monoisotopic (exact) mass is 658 g/mol. The lowest BCUT2D eigenvalue weighted by molar-refractivity contribution is -0.210. The van der Waals surface area contributed by atoms with Gasteiger partial charge in [0.25, 0.3) is 0 Å². The molecule has 0 bridgehead atoms. The highest BCUT2D eigenvalue weighted by atomic mass is 32.1. The quantitative estimate of drug-likeness (QED) is 0.192. The predicted octanol–water partition coefficient (Wildman–Crippen LogP) is 9.96. The Balaban J connectivity index is 1.71. The van der Waals surface area contributed by atoms with Crippen molar-refractivity contribution in [2.24, 2.45) is 0 Å². The first kappa shape index (κ1) is 34.4. The van der Waals surface area contributed by atoms with Crippen LogP contribution in [0.3, 0.4) is 0 Å². The number of rotatable bonds is 11. The topological polar surface area (TPSA) is 36.9 Å². The second kappa shape index (κ2) is 13.5. The maximum atomic E-state index is 13.5. The molecule has 4 nitrogen and oxygen atoms in total. The van der Waals surface area contributed by atoms with Gasteiger partial charge in [0.2, 0.25) is 0 Å². The molecular weight excluding hydrogens is 608 g/mol. The van der Waals surface area contributed by atoms with E-state index < -0.39 is 25.0 Å². The van der Waals surface area contributed by atoms with Crippen molar-refractivity contribution in [1.82, 2.24) is 0 Å². The average Bonchev–Trinajstić information content (AvgIpc) is 3.34. The summed E-state index contributed by atoms with van der Waals surface area (Å²) in [4.78, 5) is 2.42. The number of aryl methyl sites for hydroxylation is 1. The van der Waals surface area contributed by atoms with Gasteiger partial charge < -0.3 is 18.0 Å². The molecule has 0 aliphatic carbocycles. The van der Waals surface area contributed by atoms with E-state index in [9.17, 15) is 4.39 Å². The summed E-state index contributed by atoms with van der Waals surface area (Å²) in [5, 5.41) is 0. The third-order valence-electron chi connectivity index (χ3n) is 7.36. The van der Waals surface area contributed by atoms with Crippen molar-refractivity contribution in [3.63, 3.8) is 0 Å². The number of hydrogen-bond acceptors (Lipinski definition) is 5. The zero-order chi connectivity index (χ0) is 31.7. The van der Waals surface area contributed by atoms with E-state index in [-0.39, 0.29) is 36.3 Å². The standard InChI is InChI=1S/C34H51FO4SSi3/c1-12-29-32(37-41(3,4)5)34(39-43(9,10)11)33(38-42(6,7)8)31(36-29)25-14-13-23(2)26(21-25)22-28-19-20-30(40-28)24-15-17-27(35)18-16-24/h13-21,29,31-34H,12,22H2,1-11H3/t29-,31+,32-,33+,34+/m1/s1. The molecule has 3 aromatic rings. The fourth-order valence-corrected chi connectivity index (χ4v) is 9.93. The Bertz CT molecular complexity index is 1360. The minimum absolute atomic E-state index is 0.0834. The van der Waals surface area contributed by atoms with Crippen LogP contribution in [0.5, 0.6) is 0 Å². The summed E-state index contributed by atoms with van der Waals surface area (Å²) in [5.74, 6) is -0.213. The number of hydrogen-bond donors (Lipinski definition) is 0. The molecule has 1 saturated heterocycles. The molecule has 1 aliphatic heterocycles. The van der Waals surface area contributed by atoms with Crippen LogP contribution in [0.25, 0.3) is 10.4 Å². The van der Waals surface area contributed by atoms with Crippen molar-refractivity contribution in [3.05, 3.63) is 82.0 Å². The summed E-state index contributed by atoms with van der Waals surface area (Å²) >= 11 is 1.76. The first-order chi connectivity index (χ1) is 19.9. The van der Waals surface area contributed by atoms with E-state index in [4.69, 9.17) is 18.0 Å². The molecular formula is C34H51FO4SSi3. The average molecular weight is 659 g/mol. The van der Waals surface area contributed by atoms with Gasteiger partial charge in [0.05, 0.1) is 12.2 Å². The van der Waals surface area contributed by atoms with Gasteiger partial charge >= 0.3 is 0 Å². The largest absolute Gasteiger partial charge is 0.409 e. The molecule has 43 heavy (non-hydrogen) atoms. The molecule has 1 aliphatic rings. The molecule has 2 aromatic carbocycles. The summed E-state index contributed by atoms with van der Waals surface area (Å²) in [5.41, 5.74) is 4.70. The zero-order valence-corrected chi connectivity index (χ0v) is 31.7. The smallest absolute Gasteiger partial charge is 0.184 e. The zero-order valence-electron chi connectivity index (χ0n) is 27.9. The second-order valence-electron chi connectivity index (χ2n) is 14.7. The fourth-order valence-electron chi connectivity index (χ4n) is 5.63. The lowest BCUT2D eigenvalue weighted by Gasteiger charge is -2.51. The van der Waals surface area contributed by atoms with Crippen molar-refractivity contribution in [2.75, 3.05) is 0 Å². The van der Waals surface area contributed by atoms with Gasteiger partial charge in [-0.05, 0) is 119 Å². The lowest BCUT2D eigenvalue weighted by Crippen LogP contribution is -2.62. The van der Waals surface area contributed by atoms with Crippen LogP contribution in [0.2, 0.25) is 58.9 Å². The van der Waals surface area contributed by atoms with E-state index in [1.165, 1.54) is 28.1 Å². The normalized spacial score (nSPS) is 23.5. The van der Waals surface area contributed by atoms with E-state index in [2.05, 4.69) is 103 Å². The molecule has 0 radical (unpaired) electrons. The van der Waals surface area contributed by atoms with E-state index in [1.807, 2.05) is 12.1 Å². The Morgan fingerprint density at radius 3 is 1.91 bits per heavy atom. The van der Waals surface area contributed by atoms with Crippen molar-refractivity contribution < 1.29 is 22.4 Å². The van der Waals surface area contributed by atoms with Crippen molar-refractivity contribution in [1.29, 1.82) is 0 Å². The Labute approximate surface area is 266 Å². The number of benzene rings is 2. The molecule has 4 rings (SSSR count). The number of thiophene rings is 1. The van der Waals surface area contributed by atoms with E-state index in [0.29, 0.717) is 0 Å². The molecule has 1 fully saturated rings. The van der Waals surface area contributed by atoms with Gasteiger partial charge in [-0.3, -0.25) is 0 Å². The molecule has 0 saturated carbocycles. The molecule has 0 spiro atoms. The molecule has 0 N–H and O–H groups in total. The Morgan fingerprint density at radius 2 is 1.33 bits per heavy atom. The van der Waals surface area contributed by atoms with Gasteiger partial charge in [-0.2, -0.15) is 0 Å². The molecule has 9 heteroatoms. The molecule has 1 aromatic heterocycles. The van der Waals surface area contributed by atoms with Crippen LogP contribution < -0.4 is 0 Å². The predicted molar refractivity (Wildman–Crippen MR) is 186 cm³/mol. The van der Waals surface area contributed by atoms with E-state index >= 15 is 0 Å². The van der Waals surface area contributed by atoms with Crippen LogP contribution in [-0.2, 0) is 24.4 Å². The number of halogens is 1. The van der Waals surface area contributed by atoms with Crippen molar-refractivity contribution >= 4 is 36.3 Å². The third kappa shape index (κ3) is 9.53. The minimum Gasteiger partial charge on any atom is -0.409 e. The minimum atomic E-state index is -1.99. The van der Waals surface area contributed by atoms with Gasteiger partial charge in [-0.15, -0.1) is 11.3 Å². The maximum Gasteiger partial charge on any atom is 0.184 e. The highest BCUT2D eigenvalue weighted by molar-refractivity contribution is 7.15. The lowest BCUT2D eigenvalue weighted by atomic mass is 9.88. The first-order valence-corrected chi connectivity index (χ1v) is 26.6. The summed E-state index contributed by atoms with van der Waals surface area (Å²) in [6, 6.07) is 17.8. The molecule has 236 valence electrons. The van der Waals surface area contributed by atoms with Gasteiger partial charge in [-0.1, -0.05) is 37.3 Å². The van der Waals surface area contributed by atoms with Gasteiger partial charge in [-0.25, -0.2) is 4.39 Å². The van der Waals surface area contributed by atoms with Crippen LogP contribution in [0.1, 0.15) is 41.0 Å². The second-order valence-corrected chi connectivity index (χ2v) is 29.3. The Morgan fingerprint density at radius 1 is 0.744 bits per heavy atom. The summed E-state index contributed by atoms with van der Waals surface area (Å²) in [7, 11) is -5.84. The van der Waals surface area contributed by atoms with Crippen LogP contribution >= 0.6 is 11.3 Å². The van der Waals surface area contributed by atoms with Gasteiger partial charge in [0, 0.05) is 16.2 Å². The highest BCUT2D eigenvalue weighted by Gasteiger charge is 2.51. The molecule has 5 atom stereocenters. The van der Waals surface area contributed by atoms with Crippen LogP contribution in [0.4, 0.5) is 4.39 Å². The Hall–Kier alpha value is -1.44. The SMILES string of the molecule is CC[C@H]1O[C@@H](c2ccc(C)c(Cc3ccc(-c4ccc(F)cc4)s3)c2)[C@H](O[Si](C)(C)C)[C@@H](O[Si](C)(C)C)[C@@H]1O[Si](C)(C)C. The highest BCUT2D eigenvalue weighted by Crippen LogP contribution is 2.42. The first-order valence-electron chi connectivity index (χ1n) is 15.6. The summed E-state index contributed by atoms with van der Waals surface area (Å²) < 4.78 is 41.4. The van der Waals surface area contributed by atoms with Crippen LogP contribution in [0.15, 0.2) is 54.6 Å². The number of ether oxygens (including phenoxy) is 1. The Kier molecular flexibility index (Phi) is 10.8. The molecule has 0 amide bonds. The molecule has 0 unspecified atom stereocenters. The van der Waals surface area contributed by atoms with Crippen LogP contribution in [-0.4, -0.2) is 49.4 Å². The van der Waals surface area contributed by atoms with Crippen molar-refractivity contribution in [2.45, 2.75) is 116 Å². The summed E-state index contributed by atoms with van der Waals surface area (Å²) in [6.07, 6.45) is 0.708. The van der Waals surface area contributed by atoms with Crippen LogP contribution in [0, 0.1) is 12.7 Å². The fraction of sp³-hybridized carbons (Fsp3) is 0.529. The maximum absolute atomic E-state index is 13.5. The summed E-state index contributed by atoms with van der Waals surface area (Å²) in [6.45, 7) is 24.6. The van der Waals surface area contributed by atoms with E-state index in [0.717, 1.165) is 28.8 Å².